The molecule has 0 aromatic carbocycles. The maximum absolute atomic E-state index is 11.6. The lowest BCUT2D eigenvalue weighted by atomic mass is 10.1. The highest BCUT2D eigenvalue weighted by molar-refractivity contribution is 8.00. The Bertz CT molecular complexity index is 532. The molecule has 0 amide bonds. The highest BCUT2D eigenvalue weighted by Gasteiger charge is 2.21. The highest BCUT2D eigenvalue weighted by atomic mass is 32.2. The number of aromatic amines is 1. The monoisotopic (exact) mass is 268 g/mol. The Morgan fingerprint density at radius 1 is 1.59 bits per heavy atom. The van der Waals surface area contributed by atoms with E-state index in [0.717, 1.165) is 21.0 Å². The zero-order valence-corrected chi connectivity index (χ0v) is 11.4. The largest absolute Gasteiger partial charge is 0.465 e. The number of carbonyl (C=O) groups excluding carboxylic acids is 1. The number of thioether (sulfide) groups is 1. The van der Waals surface area contributed by atoms with E-state index in [4.69, 9.17) is 4.74 Å². The molecule has 0 aliphatic carbocycles. The van der Waals surface area contributed by atoms with E-state index in [9.17, 15) is 4.79 Å². The molecule has 1 N–H and O–H groups in total. The van der Waals surface area contributed by atoms with Gasteiger partial charge >= 0.3 is 5.97 Å². The van der Waals surface area contributed by atoms with Crippen molar-refractivity contribution in [2.75, 3.05) is 13.4 Å². The van der Waals surface area contributed by atoms with Crippen molar-refractivity contribution in [2.24, 2.45) is 0 Å². The van der Waals surface area contributed by atoms with Crippen LogP contribution in [-0.2, 0) is 4.74 Å². The number of ether oxygens (including phenoxy) is 1. The SMILES string of the molecule is COC(=O)c1sc(SC)c(-c2ccn[nH]2)c1C. The van der Waals surface area contributed by atoms with Gasteiger partial charge in [-0.3, -0.25) is 5.10 Å². The first-order valence-electron chi connectivity index (χ1n) is 4.94. The van der Waals surface area contributed by atoms with Crippen LogP contribution in [0, 0.1) is 6.92 Å². The summed E-state index contributed by atoms with van der Waals surface area (Å²) in [5.74, 6) is -0.284. The molecule has 2 aromatic rings. The summed E-state index contributed by atoms with van der Waals surface area (Å²) in [5, 5.41) is 6.87. The van der Waals surface area contributed by atoms with Crippen LogP contribution < -0.4 is 0 Å². The molecule has 0 unspecified atom stereocenters. The summed E-state index contributed by atoms with van der Waals surface area (Å²) in [6, 6.07) is 1.90. The Labute approximate surface area is 107 Å². The summed E-state index contributed by atoms with van der Waals surface area (Å²) < 4.78 is 5.87. The molecule has 0 saturated heterocycles. The average molecular weight is 268 g/mol. The first-order valence-corrected chi connectivity index (χ1v) is 6.98. The third-order valence-electron chi connectivity index (χ3n) is 2.44. The Balaban J connectivity index is 2.59. The van der Waals surface area contributed by atoms with Gasteiger partial charge in [-0.1, -0.05) is 0 Å². The molecule has 2 rings (SSSR count). The van der Waals surface area contributed by atoms with Crippen molar-refractivity contribution in [3.8, 4) is 11.3 Å². The second-order valence-electron chi connectivity index (χ2n) is 3.38. The standard InChI is InChI=1S/C11H12N2O2S2/c1-6-8(7-4-5-12-13-7)11(16-3)17-9(6)10(14)15-2/h4-5H,1-3H3,(H,12,13). The number of hydrogen-bond acceptors (Lipinski definition) is 5. The number of hydrogen-bond donors (Lipinski definition) is 1. The normalized spacial score (nSPS) is 10.5. The molecule has 4 nitrogen and oxygen atoms in total. The van der Waals surface area contributed by atoms with Gasteiger partial charge in [-0.05, 0) is 24.8 Å². The summed E-state index contributed by atoms with van der Waals surface area (Å²) >= 11 is 3.08. The van der Waals surface area contributed by atoms with Crippen molar-refractivity contribution in [2.45, 2.75) is 11.1 Å². The lowest BCUT2D eigenvalue weighted by Gasteiger charge is -2.00. The molecule has 0 atom stereocenters. The molecular formula is C11H12N2O2S2. The van der Waals surface area contributed by atoms with Crippen LogP contribution in [0.4, 0.5) is 0 Å². The smallest absolute Gasteiger partial charge is 0.348 e. The van der Waals surface area contributed by atoms with Gasteiger partial charge in [0.05, 0.1) is 17.0 Å². The highest BCUT2D eigenvalue weighted by Crippen LogP contribution is 2.40. The fourth-order valence-corrected chi connectivity index (χ4v) is 3.65. The van der Waals surface area contributed by atoms with Crippen LogP contribution in [0.1, 0.15) is 15.2 Å². The number of nitrogens with zero attached hydrogens (tertiary/aromatic N) is 1. The van der Waals surface area contributed by atoms with Crippen molar-refractivity contribution in [3.05, 3.63) is 22.7 Å². The van der Waals surface area contributed by atoms with E-state index in [2.05, 4.69) is 10.2 Å². The van der Waals surface area contributed by atoms with E-state index in [1.807, 2.05) is 19.2 Å². The lowest BCUT2D eigenvalue weighted by Crippen LogP contribution is -1.99. The van der Waals surface area contributed by atoms with E-state index in [1.165, 1.54) is 18.4 Å². The van der Waals surface area contributed by atoms with Gasteiger partial charge in [0.15, 0.2) is 0 Å². The second kappa shape index (κ2) is 4.93. The molecule has 6 heteroatoms. The van der Waals surface area contributed by atoms with Gasteiger partial charge in [0.1, 0.15) is 4.88 Å². The van der Waals surface area contributed by atoms with Crippen molar-refractivity contribution in [1.82, 2.24) is 10.2 Å². The molecule has 2 aromatic heterocycles. The number of carbonyl (C=O) groups is 1. The van der Waals surface area contributed by atoms with Gasteiger partial charge in [0.25, 0.3) is 0 Å². The number of methoxy groups -OCH3 is 1. The van der Waals surface area contributed by atoms with Gasteiger partial charge in [0.2, 0.25) is 0 Å². The number of esters is 1. The topological polar surface area (TPSA) is 55.0 Å². The van der Waals surface area contributed by atoms with E-state index in [0.29, 0.717) is 4.88 Å². The predicted molar refractivity (Wildman–Crippen MR) is 69.8 cm³/mol. The van der Waals surface area contributed by atoms with Crippen LogP contribution in [0.2, 0.25) is 0 Å². The molecule has 0 bridgehead atoms. The van der Waals surface area contributed by atoms with Gasteiger partial charge in [0, 0.05) is 11.8 Å². The van der Waals surface area contributed by atoms with Crippen LogP contribution in [0.25, 0.3) is 11.3 Å². The summed E-state index contributed by atoms with van der Waals surface area (Å²) in [7, 11) is 1.40. The van der Waals surface area contributed by atoms with Crippen molar-refractivity contribution in [3.63, 3.8) is 0 Å². The number of rotatable bonds is 3. The fraction of sp³-hybridized carbons (Fsp3) is 0.273. The van der Waals surface area contributed by atoms with Crippen LogP contribution >= 0.6 is 23.1 Å². The number of nitrogens with one attached hydrogen (secondary N) is 1. The predicted octanol–water partition coefficient (Wildman–Crippen LogP) is 2.96. The lowest BCUT2D eigenvalue weighted by molar-refractivity contribution is 0.0605. The third-order valence-corrected chi connectivity index (χ3v) is 4.83. The van der Waals surface area contributed by atoms with Gasteiger partial charge in [-0.25, -0.2) is 4.79 Å². The van der Waals surface area contributed by atoms with Crippen LogP contribution in [-0.4, -0.2) is 29.5 Å². The quantitative estimate of drug-likeness (QED) is 0.687. The molecule has 0 aliphatic rings. The van der Waals surface area contributed by atoms with E-state index in [-0.39, 0.29) is 5.97 Å². The molecule has 90 valence electrons. The van der Waals surface area contributed by atoms with Crippen LogP contribution in [0.15, 0.2) is 16.5 Å². The van der Waals surface area contributed by atoms with Crippen LogP contribution in [0.3, 0.4) is 0 Å². The summed E-state index contributed by atoms with van der Waals surface area (Å²) in [6.45, 7) is 1.93. The minimum Gasteiger partial charge on any atom is -0.465 e. The second-order valence-corrected chi connectivity index (χ2v) is 5.48. The van der Waals surface area contributed by atoms with E-state index >= 15 is 0 Å². The number of H-pyrrole nitrogens is 1. The molecule has 0 radical (unpaired) electrons. The molecule has 0 saturated carbocycles. The van der Waals surface area contributed by atoms with E-state index < -0.39 is 0 Å². The Hall–Kier alpha value is -1.27. The maximum atomic E-state index is 11.6. The number of thiophene rings is 1. The zero-order valence-electron chi connectivity index (χ0n) is 9.73. The molecule has 0 aliphatic heterocycles. The first-order chi connectivity index (χ1) is 8.19. The van der Waals surface area contributed by atoms with Crippen molar-refractivity contribution < 1.29 is 9.53 Å². The van der Waals surface area contributed by atoms with Gasteiger partial charge < -0.3 is 4.74 Å². The molecule has 17 heavy (non-hydrogen) atoms. The van der Waals surface area contributed by atoms with Gasteiger partial charge in [-0.15, -0.1) is 23.1 Å². The Morgan fingerprint density at radius 3 is 2.88 bits per heavy atom. The molecule has 2 heterocycles. The zero-order chi connectivity index (χ0) is 12.4. The van der Waals surface area contributed by atoms with Crippen molar-refractivity contribution >= 4 is 29.1 Å². The molecule has 0 fully saturated rings. The maximum Gasteiger partial charge on any atom is 0.348 e. The van der Waals surface area contributed by atoms with E-state index in [1.54, 1.807) is 18.0 Å². The fourth-order valence-electron chi connectivity index (χ4n) is 1.63. The van der Waals surface area contributed by atoms with Crippen LogP contribution in [0.5, 0.6) is 0 Å². The molecule has 0 spiro atoms. The number of aromatic nitrogens is 2. The molecular weight excluding hydrogens is 256 g/mol. The minimum absolute atomic E-state index is 0.284. The summed E-state index contributed by atoms with van der Waals surface area (Å²) in [6.07, 6.45) is 3.70. The Morgan fingerprint density at radius 2 is 2.35 bits per heavy atom. The summed E-state index contributed by atoms with van der Waals surface area (Å²) in [4.78, 5) is 12.3. The first kappa shape index (κ1) is 12.2. The third kappa shape index (κ3) is 2.10. The van der Waals surface area contributed by atoms with Crippen molar-refractivity contribution in [1.29, 1.82) is 0 Å². The summed E-state index contributed by atoms with van der Waals surface area (Å²) in [5.41, 5.74) is 2.91. The minimum atomic E-state index is -0.284. The Kier molecular flexibility index (Phi) is 3.54. The van der Waals surface area contributed by atoms with Gasteiger partial charge in [-0.2, -0.15) is 5.10 Å². The average Bonchev–Trinajstić information content (AvgIpc) is 2.95.